The van der Waals surface area contributed by atoms with Gasteiger partial charge in [0, 0.05) is 50.5 Å². The molecule has 0 radical (unpaired) electrons. The van der Waals surface area contributed by atoms with Gasteiger partial charge in [-0.2, -0.15) is 0 Å². The van der Waals surface area contributed by atoms with Crippen molar-refractivity contribution in [2.45, 2.75) is 31.7 Å². The summed E-state index contributed by atoms with van der Waals surface area (Å²) in [5.74, 6) is 2.10. The monoisotopic (exact) mass is 392 g/mol. The fourth-order valence-corrected chi connectivity index (χ4v) is 4.24. The van der Waals surface area contributed by atoms with Crippen molar-refractivity contribution in [2.75, 3.05) is 54.4 Å². The molecule has 2 fully saturated rings. The summed E-state index contributed by atoms with van der Waals surface area (Å²) in [5.41, 5.74) is 2.38. The van der Waals surface area contributed by atoms with E-state index in [1.54, 1.807) is 6.33 Å². The maximum absolute atomic E-state index is 13.0. The molecule has 0 bridgehead atoms. The number of hydrogen-bond acceptors (Lipinski definition) is 6. The Morgan fingerprint density at radius 1 is 1.07 bits per heavy atom. The van der Waals surface area contributed by atoms with Gasteiger partial charge in [-0.15, -0.1) is 0 Å². The van der Waals surface area contributed by atoms with Gasteiger partial charge in [-0.3, -0.25) is 9.69 Å². The van der Waals surface area contributed by atoms with E-state index >= 15 is 0 Å². The smallest absolute Gasteiger partial charge is 0.241 e. The van der Waals surface area contributed by atoms with E-state index in [4.69, 9.17) is 0 Å². The summed E-state index contributed by atoms with van der Waals surface area (Å²) in [4.78, 5) is 28.3. The predicted octanol–water partition coefficient (Wildman–Crippen LogP) is 2.15. The molecule has 0 spiro atoms. The van der Waals surface area contributed by atoms with Gasteiger partial charge in [0.1, 0.15) is 18.0 Å². The Bertz CT molecular complexity index is 875. The average Bonchev–Trinajstić information content (AvgIpc) is 3.58. The van der Waals surface area contributed by atoms with Crippen LogP contribution in [0.15, 0.2) is 36.7 Å². The van der Waals surface area contributed by atoms with Crippen LogP contribution < -0.4 is 15.1 Å². The number of benzene rings is 1. The number of carbonyl (C=O) groups is 1. The Labute approximate surface area is 171 Å². The maximum Gasteiger partial charge on any atom is 0.241 e. The Hall–Kier alpha value is -2.67. The van der Waals surface area contributed by atoms with Gasteiger partial charge in [-0.1, -0.05) is 18.2 Å². The third-order valence-electron chi connectivity index (χ3n) is 6.05. The second-order valence-corrected chi connectivity index (χ2v) is 8.22. The molecule has 2 aromatic rings. The van der Waals surface area contributed by atoms with Crippen LogP contribution in [0.3, 0.4) is 0 Å². The first-order chi connectivity index (χ1) is 14.3. The summed E-state index contributed by atoms with van der Waals surface area (Å²) in [6.07, 6.45) is 6.21. The highest BCUT2D eigenvalue weighted by atomic mass is 16.2. The van der Waals surface area contributed by atoms with Gasteiger partial charge in [-0.25, -0.2) is 9.97 Å². The van der Waals surface area contributed by atoms with E-state index in [1.807, 2.05) is 17.0 Å². The Kier molecular flexibility index (Phi) is 5.06. The van der Waals surface area contributed by atoms with E-state index in [-0.39, 0.29) is 5.91 Å². The predicted molar refractivity (Wildman–Crippen MR) is 114 cm³/mol. The zero-order chi connectivity index (χ0) is 19.6. The standard InChI is InChI=1S/C22H28N6O/c29-22(28-9-3-5-17-4-1-2-6-19(17)28)15-26-10-12-27(13-11-26)21-14-20(23-16-24-21)25-18-7-8-18/h1-2,4,6,14,16,18H,3,5,7-13,15H2,(H,23,24,25). The second-order valence-electron chi connectivity index (χ2n) is 8.22. The molecule has 1 N–H and O–H groups in total. The summed E-state index contributed by atoms with van der Waals surface area (Å²) >= 11 is 0. The molecule has 152 valence electrons. The molecule has 3 aliphatic rings. The van der Waals surface area contributed by atoms with E-state index in [2.05, 4.69) is 43.3 Å². The number of aromatic nitrogens is 2. The number of aryl methyl sites for hydroxylation is 1. The lowest BCUT2D eigenvalue weighted by Crippen LogP contribution is -2.51. The summed E-state index contributed by atoms with van der Waals surface area (Å²) in [6, 6.07) is 10.9. The van der Waals surface area contributed by atoms with E-state index in [0.29, 0.717) is 12.6 Å². The van der Waals surface area contributed by atoms with Gasteiger partial charge in [0.15, 0.2) is 0 Å². The molecule has 1 saturated heterocycles. The number of para-hydroxylation sites is 1. The van der Waals surface area contributed by atoms with E-state index in [1.165, 1.54) is 18.4 Å². The molecule has 1 aromatic carbocycles. The van der Waals surface area contributed by atoms with E-state index in [0.717, 1.165) is 62.9 Å². The van der Waals surface area contributed by atoms with Crippen molar-refractivity contribution in [3.63, 3.8) is 0 Å². The minimum atomic E-state index is 0.212. The molecule has 1 aliphatic carbocycles. The van der Waals surface area contributed by atoms with Crippen molar-refractivity contribution in [3.05, 3.63) is 42.2 Å². The molecular weight excluding hydrogens is 364 g/mol. The molecule has 5 rings (SSSR count). The van der Waals surface area contributed by atoms with Gasteiger partial charge in [0.25, 0.3) is 0 Å². The van der Waals surface area contributed by atoms with Crippen LogP contribution in [0.2, 0.25) is 0 Å². The Morgan fingerprint density at radius 3 is 2.72 bits per heavy atom. The minimum Gasteiger partial charge on any atom is -0.367 e. The minimum absolute atomic E-state index is 0.212. The Morgan fingerprint density at radius 2 is 1.90 bits per heavy atom. The quantitative estimate of drug-likeness (QED) is 0.841. The van der Waals surface area contributed by atoms with Crippen molar-refractivity contribution in [1.82, 2.24) is 14.9 Å². The molecular formula is C22H28N6O. The third kappa shape index (κ3) is 4.19. The number of hydrogen-bond donors (Lipinski definition) is 1. The fraction of sp³-hybridized carbons (Fsp3) is 0.500. The summed E-state index contributed by atoms with van der Waals surface area (Å²) in [6.45, 7) is 4.81. The van der Waals surface area contributed by atoms with Crippen molar-refractivity contribution in [1.29, 1.82) is 0 Å². The third-order valence-corrected chi connectivity index (χ3v) is 6.05. The van der Waals surface area contributed by atoms with Crippen LogP contribution in [-0.2, 0) is 11.2 Å². The van der Waals surface area contributed by atoms with Crippen molar-refractivity contribution >= 4 is 23.2 Å². The molecule has 0 unspecified atom stereocenters. The normalized spacial score (nSPS) is 19.7. The number of carbonyl (C=O) groups excluding carboxylic acids is 1. The number of fused-ring (bicyclic) bond motifs is 1. The summed E-state index contributed by atoms with van der Waals surface area (Å²) < 4.78 is 0. The van der Waals surface area contributed by atoms with Crippen LogP contribution in [-0.4, -0.2) is 66.1 Å². The van der Waals surface area contributed by atoms with Gasteiger partial charge in [0.2, 0.25) is 5.91 Å². The lowest BCUT2D eigenvalue weighted by atomic mass is 10.0. The largest absolute Gasteiger partial charge is 0.367 e. The maximum atomic E-state index is 13.0. The summed E-state index contributed by atoms with van der Waals surface area (Å²) in [7, 11) is 0. The van der Waals surface area contributed by atoms with E-state index < -0.39 is 0 Å². The topological polar surface area (TPSA) is 64.6 Å². The first-order valence-electron chi connectivity index (χ1n) is 10.7. The molecule has 2 aliphatic heterocycles. The lowest BCUT2D eigenvalue weighted by Gasteiger charge is -2.37. The highest BCUT2D eigenvalue weighted by molar-refractivity contribution is 5.96. The number of anilines is 3. The second kappa shape index (κ2) is 7.99. The highest BCUT2D eigenvalue weighted by Crippen LogP contribution is 2.27. The zero-order valence-corrected chi connectivity index (χ0v) is 16.8. The zero-order valence-electron chi connectivity index (χ0n) is 16.8. The molecule has 29 heavy (non-hydrogen) atoms. The number of rotatable bonds is 5. The van der Waals surface area contributed by atoms with Crippen LogP contribution in [0.4, 0.5) is 17.3 Å². The lowest BCUT2D eigenvalue weighted by molar-refractivity contribution is -0.119. The number of amides is 1. The Balaban J connectivity index is 1.17. The van der Waals surface area contributed by atoms with Crippen LogP contribution in [0, 0.1) is 0 Å². The van der Waals surface area contributed by atoms with Crippen molar-refractivity contribution < 1.29 is 4.79 Å². The van der Waals surface area contributed by atoms with Crippen molar-refractivity contribution in [2.24, 2.45) is 0 Å². The number of nitrogens with one attached hydrogen (secondary N) is 1. The van der Waals surface area contributed by atoms with Gasteiger partial charge in [-0.05, 0) is 37.3 Å². The average molecular weight is 393 g/mol. The first-order valence-corrected chi connectivity index (χ1v) is 10.7. The van der Waals surface area contributed by atoms with Crippen LogP contribution in [0.1, 0.15) is 24.8 Å². The first kappa shape index (κ1) is 18.4. The van der Waals surface area contributed by atoms with Gasteiger partial charge >= 0.3 is 0 Å². The SMILES string of the molecule is O=C(CN1CCN(c2cc(NC3CC3)ncn2)CC1)N1CCCc2ccccc21. The van der Waals surface area contributed by atoms with Crippen molar-refractivity contribution in [3.8, 4) is 0 Å². The van der Waals surface area contributed by atoms with Crippen LogP contribution in [0.25, 0.3) is 0 Å². The highest BCUT2D eigenvalue weighted by Gasteiger charge is 2.26. The molecule has 0 atom stereocenters. The fourth-order valence-electron chi connectivity index (χ4n) is 4.24. The van der Waals surface area contributed by atoms with Crippen LogP contribution >= 0.6 is 0 Å². The molecule has 1 amide bonds. The number of nitrogens with zero attached hydrogens (tertiary/aromatic N) is 5. The molecule has 3 heterocycles. The number of piperazine rings is 1. The van der Waals surface area contributed by atoms with E-state index in [9.17, 15) is 4.79 Å². The van der Waals surface area contributed by atoms with Crippen LogP contribution in [0.5, 0.6) is 0 Å². The molecule has 7 nitrogen and oxygen atoms in total. The molecule has 1 aromatic heterocycles. The summed E-state index contributed by atoms with van der Waals surface area (Å²) in [5, 5.41) is 3.44. The molecule has 1 saturated carbocycles. The van der Waals surface area contributed by atoms with Gasteiger partial charge in [0.05, 0.1) is 6.54 Å². The molecule has 7 heteroatoms. The van der Waals surface area contributed by atoms with Gasteiger partial charge < -0.3 is 15.1 Å².